The van der Waals surface area contributed by atoms with Gasteiger partial charge in [-0.2, -0.15) is 0 Å². The minimum atomic E-state index is 0.615. The Morgan fingerprint density at radius 1 is 1.45 bits per heavy atom. The van der Waals surface area contributed by atoms with E-state index in [4.69, 9.17) is 0 Å². The molecule has 0 saturated heterocycles. The van der Waals surface area contributed by atoms with E-state index >= 15 is 0 Å². The maximum atomic E-state index is 2.38. The minimum Gasteiger partial charge on any atom is -0.0887 e. The number of hydrogen-bond donors (Lipinski definition) is 0. The standard InChI is InChI=1S/C11H20/c1-6-8(2)7-10-9(3)11(10,4)5/h6,9-10H,7H2,1-5H3. The maximum absolute atomic E-state index is 2.38. The summed E-state index contributed by atoms with van der Waals surface area (Å²) in [6.45, 7) is 11.5. The lowest BCUT2D eigenvalue weighted by Gasteiger charge is -2.01. The highest BCUT2D eigenvalue weighted by molar-refractivity contribution is 5.10. The van der Waals surface area contributed by atoms with E-state index < -0.39 is 0 Å². The van der Waals surface area contributed by atoms with Crippen LogP contribution < -0.4 is 0 Å². The summed E-state index contributed by atoms with van der Waals surface area (Å²) in [5, 5.41) is 0. The van der Waals surface area contributed by atoms with Crippen molar-refractivity contribution < 1.29 is 0 Å². The summed E-state index contributed by atoms with van der Waals surface area (Å²) in [6, 6.07) is 0. The van der Waals surface area contributed by atoms with Gasteiger partial charge in [-0.05, 0) is 37.5 Å². The topological polar surface area (TPSA) is 0 Å². The molecule has 0 amide bonds. The summed E-state index contributed by atoms with van der Waals surface area (Å²) in [5.74, 6) is 1.87. The average molecular weight is 152 g/mol. The summed E-state index contributed by atoms with van der Waals surface area (Å²) in [7, 11) is 0. The second-order valence-electron chi connectivity index (χ2n) is 4.56. The van der Waals surface area contributed by atoms with E-state index in [1.54, 1.807) is 5.57 Å². The Bertz CT molecular complexity index is 174. The second-order valence-corrected chi connectivity index (χ2v) is 4.56. The van der Waals surface area contributed by atoms with Gasteiger partial charge in [-0.3, -0.25) is 0 Å². The van der Waals surface area contributed by atoms with E-state index in [0.717, 1.165) is 11.8 Å². The van der Waals surface area contributed by atoms with Crippen LogP contribution in [0.15, 0.2) is 11.6 Å². The lowest BCUT2D eigenvalue weighted by molar-refractivity contribution is 0.542. The van der Waals surface area contributed by atoms with Gasteiger partial charge in [-0.15, -0.1) is 0 Å². The van der Waals surface area contributed by atoms with E-state index in [9.17, 15) is 0 Å². The quantitative estimate of drug-likeness (QED) is 0.530. The van der Waals surface area contributed by atoms with Gasteiger partial charge in [0, 0.05) is 0 Å². The zero-order chi connectivity index (χ0) is 8.65. The minimum absolute atomic E-state index is 0.615. The molecule has 0 aromatic rings. The normalized spacial score (nSPS) is 35.5. The van der Waals surface area contributed by atoms with Crippen LogP contribution in [0.3, 0.4) is 0 Å². The molecule has 0 aromatic carbocycles. The zero-order valence-corrected chi connectivity index (χ0v) is 8.44. The molecule has 2 atom stereocenters. The highest BCUT2D eigenvalue weighted by Gasteiger charge is 2.53. The number of allylic oxidation sites excluding steroid dienone is 2. The Kier molecular flexibility index (Phi) is 2.13. The molecular formula is C11H20. The largest absolute Gasteiger partial charge is 0.0887 e. The van der Waals surface area contributed by atoms with Crippen LogP contribution in [-0.2, 0) is 0 Å². The molecule has 1 fully saturated rings. The van der Waals surface area contributed by atoms with Crippen molar-refractivity contribution in [2.24, 2.45) is 17.3 Å². The molecule has 0 heteroatoms. The fourth-order valence-electron chi connectivity index (χ4n) is 1.92. The zero-order valence-electron chi connectivity index (χ0n) is 8.44. The first-order chi connectivity index (χ1) is 5.00. The SMILES string of the molecule is CC=C(C)CC1C(C)C1(C)C. The van der Waals surface area contributed by atoms with E-state index in [1.807, 2.05) is 0 Å². The van der Waals surface area contributed by atoms with Gasteiger partial charge in [0.1, 0.15) is 0 Å². The molecular weight excluding hydrogens is 132 g/mol. The predicted molar refractivity (Wildman–Crippen MR) is 50.5 cm³/mol. The summed E-state index contributed by atoms with van der Waals surface area (Å²) < 4.78 is 0. The van der Waals surface area contributed by atoms with Crippen LogP contribution in [0.25, 0.3) is 0 Å². The van der Waals surface area contributed by atoms with Crippen molar-refractivity contribution in [3.05, 3.63) is 11.6 Å². The Hall–Kier alpha value is -0.260. The molecule has 0 spiro atoms. The van der Waals surface area contributed by atoms with Crippen LogP contribution in [0.5, 0.6) is 0 Å². The van der Waals surface area contributed by atoms with Crippen molar-refractivity contribution in [1.29, 1.82) is 0 Å². The Labute approximate surface area is 70.7 Å². The first-order valence-electron chi connectivity index (χ1n) is 4.62. The van der Waals surface area contributed by atoms with E-state index in [0.29, 0.717) is 5.41 Å². The van der Waals surface area contributed by atoms with Crippen LogP contribution in [-0.4, -0.2) is 0 Å². The van der Waals surface area contributed by atoms with Gasteiger partial charge < -0.3 is 0 Å². The second kappa shape index (κ2) is 2.66. The molecule has 0 heterocycles. The molecule has 0 nitrogen and oxygen atoms in total. The van der Waals surface area contributed by atoms with Gasteiger partial charge in [0.25, 0.3) is 0 Å². The number of hydrogen-bond acceptors (Lipinski definition) is 0. The molecule has 0 bridgehead atoms. The third-order valence-electron chi connectivity index (χ3n) is 3.66. The average Bonchev–Trinajstić information content (AvgIpc) is 2.39. The van der Waals surface area contributed by atoms with Crippen molar-refractivity contribution in [2.45, 2.75) is 41.0 Å². The smallest absolute Gasteiger partial charge is 0.0287 e. The molecule has 1 aliphatic carbocycles. The molecule has 0 radical (unpaired) electrons. The van der Waals surface area contributed by atoms with Crippen LogP contribution in [0, 0.1) is 17.3 Å². The molecule has 0 N–H and O–H groups in total. The van der Waals surface area contributed by atoms with E-state index in [-0.39, 0.29) is 0 Å². The molecule has 11 heavy (non-hydrogen) atoms. The predicted octanol–water partition coefficient (Wildman–Crippen LogP) is 3.63. The lowest BCUT2D eigenvalue weighted by Crippen LogP contribution is -1.90. The van der Waals surface area contributed by atoms with Gasteiger partial charge in [-0.1, -0.05) is 32.4 Å². The summed E-state index contributed by atoms with van der Waals surface area (Å²) in [4.78, 5) is 0. The molecule has 1 aliphatic rings. The van der Waals surface area contributed by atoms with E-state index in [1.165, 1.54) is 6.42 Å². The highest BCUT2D eigenvalue weighted by Crippen LogP contribution is 2.60. The first-order valence-corrected chi connectivity index (χ1v) is 4.62. The monoisotopic (exact) mass is 152 g/mol. The van der Waals surface area contributed by atoms with Crippen molar-refractivity contribution in [2.75, 3.05) is 0 Å². The highest BCUT2D eigenvalue weighted by atomic mass is 14.6. The van der Waals surface area contributed by atoms with Gasteiger partial charge in [0.15, 0.2) is 0 Å². The van der Waals surface area contributed by atoms with Gasteiger partial charge in [-0.25, -0.2) is 0 Å². The molecule has 0 aliphatic heterocycles. The Morgan fingerprint density at radius 3 is 2.18 bits per heavy atom. The summed E-state index contributed by atoms with van der Waals surface area (Å²) in [6.07, 6.45) is 3.55. The van der Waals surface area contributed by atoms with Crippen LogP contribution >= 0.6 is 0 Å². The third kappa shape index (κ3) is 1.50. The molecule has 1 saturated carbocycles. The fourth-order valence-corrected chi connectivity index (χ4v) is 1.92. The van der Waals surface area contributed by atoms with Crippen molar-refractivity contribution in [1.82, 2.24) is 0 Å². The van der Waals surface area contributed by atoms with Crippen molar-refractivity contribution >= 4 is 0 Å². The van der Waals surface area contributed by atoms with Crippen molar-refractivity contribution in [3.63, 3.8) is 0 Å². The molecule has 1 rings (SSSR count). The van der Waals surface area contributed by atoms with Crippen LogP contribution in [0.2, 0.25) is 0 Å². The lowest BCUT2D eigenvalue weighted by atomic mass is 10.0. The molecule has 64 valence electrons. The van der Waals surface area contributed by atoms with Gasteiger partial charge >= 0.3 is 0 Å². The van der Waals surface area contributed by atoms with Crippen molar-refractivity contribution in [3.8, 4) is 0 Å². The molecule has 0 aromatic heterocycles. The summed E-state index contributed by atoms with van der Waals surface area (Å²) in [5.41, 5.74) is 2.16. The molecule has 2 unspecified atom stereocenters. The van der Waals surface area contributed by atoms with Crippen LogP contribution in [0.1, 0.15) is 41.0 Å². The third-order valence-corrected chi connectivity index (χ3v) is 3.66. The van der Waals surface area contributed by atoms with Gasteiger partial charge in [0.2, 0.25) is 0 Å². The maximum Gasteiger partial charge on any atom is -0.0287 e. The number of rotatable bonds is 2. The Morgan fingerprint density at radius 2 is 1.91 bits per heavy atom. The summed E-state index contributed by atoms with van der Waals surface area (Å²) >= 11 is 0. The first kappa shape index (κ1) is 8.83. The van der Waals surface area contributed by atoms with Gasteiger partial charge in [0.05, 0.1) is 0 Å². The Balaban J connectivity index is 2.44. The van der Waals surface area contributed by atoms with Crippen LogP contribution in [0.4, 0.5) is 0 Å². The fraction of sp³-hybridized carbons (Fsp3) is 0.818. The van der Waals surface area contributed by atoms with E-state index in [2.05, 4.69) is 40.7 Å².